The summed E-state index contributed by atoms with van der Waals surface area (Å²) in [6.45, 7) is 5.81. The molecule has 0 spiro atoms. The van der Waals surface area contributed by atoms with Crippen LogP contribution in [0.3, 0.4) is 0 Å². The van der Waals surface area contributed by atoms with Crippen LogP contribution in [0.2, 0.25) is 0 Å². The molecule has 0 atom stereocenters. The van der Waals surface area contributed by atoms with E-state index in [0.717, 1.165) is 5.56 Å². The van der Waals surface area contributed by atoms with E-state index < -0.39 is 11.8 Å². The van der Waals surface area contributed by atoms with Crippen molar-refractivity contribution in [1.82, 2.24) is 0 Å². The molecule has 2 aromatic rings. The second-order valence-corrected chi connectivity index (χ2v) is 5.82. The summed E-state index contributed by atoms with van der Waals surface area (Å²) in [6.07, 6.45) is -0.729. The van der Waals surface area contributed by atoms with Gasteiger partial charge >= 0.3 is 6.16 Å². The Morgan fingerprint density at radius 3 is 2.32 bits per heavy atom. The zero-order valence-electron chi connectivity index (χ0n) is 13.0. The summed E-state index contributed by atoms with van der Waals surface area (Å²) in [6, 6.07) is 16.8. The summed E-state index contributed by atoms with van der Waals surface area (Å²) < 4.78 is 15.9. The predicted octanol–water partition coefficient (Wildman–Crippen LogP) is 4.58. The van der Waals surface area contributed by atoms with E-state index in [4.69, 9.17) is 14.2 Å². The Hall–Kier alpha value is -2.49. The average Bonchev–Trinajstić information content (AvgIpc) is 2.44. The first-order chi connectivity index (χ1) is 10.4. The molecule has 4 heteroatoms. The Balaban J connectivity index is 1.94. The highest BCUT2D eigenvalue weighted by atomic mass is 16.7. The molecule has 0 aliphatic carbocycles. The zero-order valence-corrected chi connectivity index (χ0v) is 13.0. The first-order valence-corrected chi connectivity index (χ1v) is 7.10. The molecule has 0 unspecified atom stereocenters. The van der Waals surface area contributed by atoms with Gasteiger partial charge in [-0.2, -0.15) is 0 Å². The molecular weight excluding hydrogens is 280 g/mol. The zero-order chi connectivity index (χ0) is 16.0. The van der Waals surface area contributed by atoms with Crippen molar-refractivity contribution in [2.45, 2.75) is 33.0 Å². The summed E-state index contributed by atoms with van der Waals surface area (Å²) in [5.41, 5.74) is 0.486. The largest absolute Gasteiger partial charge is 0.514 e. The van der Waals surface area contributed by atoms with Gasteiger partial charge < -0.3 is 14.2 Å². The van der Waals surface area contributed by atoms with Crippen LogP contribution in [0.1, 0.15) is 26.3 Å². The maximum Gasteiger partial charge on any atom is 0.514 e. The van der Waals surface area contributed by atoms with Crippen LogP contribution < -0.4 is 9.47 Å². The maximum absolute atomic E-state index is 11.6. The van der Waals surface area contributed by atoms with Crippen molar-refractivity contribution >= 4 is 6.16 Å². The molecule has 0 fully saturated rings. The number of ether oxygens (including phenoxy) is 3. The van der Waals surface area contributed by atoms with Crippen molar-refractivity contribution in [3.8, 4) is 11.5 Å². The lowest BCUT2D eigenvalue weighted by atomic mass is 10.2. The molecule has 0 aromatic heterocycles. The number of hydrogen-bond donors (Lipinski definition) is 0. The molecular formula is C18H20O4. The molecule has 22 heavy (non-hydrogen) atoms. The SMILES string of the molecule is CC(C)(C)OC(=O)Oc1cccc(OCc2ccccc2)c1. The lowest BCUT2D eigenvalue weighted by Crippen LogP contribution is -2.25. The van der Waals surface area contributed by atoms with Crippen LogP contribution in [0.4, 0.5) is 4.79 Å². The molecule has 0 aliphatic rings. The van der Waals surface area contributed by atoms with Crippen molar-refractivity contribution in [2.24, 2.45) is 0 Å². The smallest absolute Gasteiger partial charge is 0.489 e. The van der Waals surface area contributed by atoms with Crippen LogP contribution in [-0.2, 0) is 11.3 Å². The summed E-state index contributed by atoms with van der Waals surface area (Å²) in [5.74, 6) is 1.02. The number of benzene rings is 2. The molecule has 0 saturated carbocycles. The van der Waals surface area contributed by atoms with Gasteiger partial charge in [0.05, 0.1) is 0 Å². The molecule has 0 aliphatic heterocycles. The number of carbonyl (C=O) groups excluding carboxylic acids is 1. The van der Waals surface area contributed by atoms with E-state index in [1.165, 1.54) is 0 Å². The third-order valence-corrected chi connectivity index (χ3v) is 2.64. The van der Waals surface area contributed by atoms with E-state index in [1.54, 1.807) is 39.0 Å². The second kappa shape index (κ2) is 6.98. The highest BCUT2D eigenvalue weighted by molar-refractivity contribution is 5.64. The standard InChI is InChI=1S/C18H20O4/c1-18(2,3)22-17(19)21-16-11-7-10-15(12-16)20-13-14-8-5-4-6-9-14/h4-12H,13H2,1-3H3. The van der Waals surface area contributed by atoms with Gasteiger partial charge in [-0.1, -0.05) is 36.4 Å². The van der Waals surface area contributed by atoms with Crippen LogP contribution in [0, 0.1) is 0 Å². The average molecular weight is 300 g/mol. The first kappa shape index (κ1) is 15.9. The Labute approximate surface area is 130 Å². The fraction of sp³-hybridized carbons (Fsp3) is 0.278. The molecule has 0 N–H and O–H groups in total. The fourth-order valence-electron chi connectivity index (χ4n) is 1.74. The van der Waals surface area contributed by atoms with Crippen molar-refractivity contribution in [2.75, 3.05) is 0 Å². The Kier molecular flexibility index (Phi) is 5.04. The van der Waals surface area contributed by atoms with Crippen LogP contribution in [-0.4, -0.2) is 11.8 Å². The Morgan fingerprint density at radius 1 is 0.955 bits per heavy atom. The normalized spacial score (nSPS) is 10.9. The Bertz CT molecular complexity index is 614. The van der Waals surface area contributed by atoms with Crippen LogP contribution >= 0.6 is 0 Å². The van der Waals surface area contributed by atoms with Gasteiger partial charge in [-0.25, -0.2) is 4.79 Å². The molecule has 4 nitrogen and oxygen atoms in total. The van der Waals surface area contributed by atoms with Gasteiger partial charge in [0, 0.05) is 6.07 Å². The van der Waals surface area contributed by atoms with E-state index in [9.17, 15) is 4.79 Å². The molecule has 2 aromatic carbocycles. The molecule has 0 amide bonds. The predicted molar refractivity (Wildman–Crippen MR) is 84.1 cm³/mol. The van der Waals surface area contributed by atoms with Gasteiger partial charge in [-0.15, -0.1) is 0 Å². The third-order valence-electron chi connectivity index (χ3n) is 2.64. The van der Waals surface area contributed by atoms with E-state index in [1.807, 2.05) is 36.4 Å². The van der Waals surface area contributed by atoms with Crippen LogP contribution in [0.15, 0.2) is 54.6 Å². The molecule has 0 bridgehead atoms. The highest BCUT2D eigenvalue weighted by Crippen LogP contribution is 2.21. The van der Waals surface area contributed by atoms with Crippen molar-refractivity contribution in [3.05, 3.63) is 60.2 Å². The maximum atomic E-state index is 11.6. The minimum Gasteiger partial charge on any atom is -0.489 e. The number of hydrogen-bond acceptors (Lipinski definition) is 4. The Morgan fingerprint density at radius 2 is 1.64 bits per heavy atom. The van der Waals surface area contributed by atoms with Gasteiger partial charge in [0.15, 0.2) is 0 Å². The highest BCUT2D eigenvalue weighted by Gasteiger charge is 2.18. The van der Waals surface area contributed by atoms with E-state index in [0.29, 0.717) is 18.1 Å². The molecule has 0 heterocycles. The summed E-state index contributed by atoms with van der Waals surface area (Å²) in [5, 5.41) is 0. The fourth-order valence-corrected chi connectivity index (χ4v) is 1.74. The molecule has 2 rings (SSSR count). The number of rotatable bonds is 4. The molecule has 116 valence electrons. The van der Waals surface area contributed by atoms with Gasteiger partial charge in [0.25, 0.3) is 0 Å². The quantitative estimate of drug-likeness (QED) is 0.612. The first-order valence-electron chi connectivity index (χ1n) is 7.10. The van der Waals surface area contributed by atoms with E-state index in [2.05, 4.69) is 0 Å². The van der Waals surface area contributed by atoms with Gasteiger partial charge in [-0.3, -0.25) is 0 Å². The van der Waals surface area contributed by atoms with Gasteiger partial charge in [0.2, 0.25) is 0 Å². The van der Waals surface area contributed by atoms with Crippen LogP contribution in [0.5, 0.6) is 11.5 Å². The summed E-state index contributed by atoms with van der Waals surface area (Å²) in [4.78, 5) is 11.6. The third kappa shape index (κ3) is 5.48. The lowest BCUT2D eigenvalue weighted by molar-refractivity contribution is 0.0206. The topological polar surface area (TPSA) is 44.8 Å². The number of carbonyl (C=O) groups is 1. The van der Waals surface area contributed by atoms with Crippen molar-refractivity contribution < 1.29 is 19.0 Å². The van der Waals surface area contributed by atoms with E-state index in [-0.39, 0.29) is 0 Å². The summed E-state index contributed by atoms with van der Waals surface area (Å²) >= 11 is 0. The van der Waals surface area contributed by atoms with Gasteiger partial charge in [-0.05, 0) is 38.5 Å². The van der Waals surface area contributed by atoms with Crippen LogP contribution in [0.25, 0.3) is 0 Å². The lowest BCUT2D eigenvalue weighted by Gasteiger charge is -2.18. The summed E-state index contributed by atoms with van der Waals surface area (Å²) in [7, 11) is 0. The van der Waals surface area contributed by atoms with Crippen molar-refractivity contribution in [1.29, 1.82) is 0 Å². The van der Waals surface area contributed by atoms with Gasteiger partial charge in [0.1, 0.15) is 23.7 Å². The second-order valence-electron chi connectivity index (χ2n) is 5.82. The minimum atomic E-state index is -0.729. The minimum absolute atomic E-state index is 0.389. The molecule has 0 radical (unpaired) electrons. The monoisotopic (exact) mass is 300 g/mol. The van der Waals surface area contributed by atoms with Crippen molar-refractivity contribution in [3.63, 3.8) is 0 Å². The van der Waals surface area contributed by atoms with E-state index >= 15 is 0 Å². The molecule has 0 saturated heterocycles.